The molecular formula is C10H17N3O3. The van der Waals surface area contributed by atoms with Gasteiger partial charge in [0.15, 0.2) is 5.82 Å². The van der Waals surface area contributed by atoms with Gasteiger partial charge in [0.1, 0.15) is 6.61 Å². The van der Waals surface area contributed by atoms with Crippen LogP contribution in [0.15, 0.2) is 4.52 Å². The fraction of sp³-hybridized carbons (Fsp3) is 0.800. The summed E-state index contributed by atoms with van der Waals surface area (Å²) in [6, 6.07) is 0.265. The Morgan fingerprint density at radius 3 is 3.12 bits per heavy atom. The van der Waals surface area contributed by atoms with E-state index in [1.807, 2.05) is 0 Å². The second-order valence-corrected chi connectivity index (χ2v) is 3.79. The molecule has 0 spiro atoms. The van der Waals surface area contributed by atoms with Gasteiger partial charge in [0.05, 0.1) is 19.1 Å². The minimum Gasteiger partial charge on any atom is -0.379 e. The summed E-state index contributed by atoms with van der Waals surface area (Å²) < 4.78 is 15.6. The van der Waals surface area contributed by atoms with E-state index in [-0.39, 0.29) is 12.0 Å². The molecule has 0 aliphatic carbocycles. The van der Waals surface area contributed by atoms with Gasteiger partial charge in [-0.25, -0.2) is 0 Å². The molecule has 1 aliphatic rings. The Hall–Kier alpha value is -0.980. The Labute approximate surface area is 94.3 Å². The molecule has 1 aromatic heterocycles. The van der Waals surface area contributed by atoms with Gasteiger partial charge >= 0.3 is 0 Å². The van der Waals surface area contributed by atoms with Crippen LogP contribution >= 0.6 is 0 Å². The Morgan fingerprint density at radius 2 is 2.38 bits per heavy atom. The van der Waals surface area contributed by atoms with E-state index in [9.17, 15) is 0 Å². The molecule has 1 saturated heterocycles. The lowest BCUT2D eigenvalue weighted by Crippen LogP contribution is -2.34. The number of hydrogen-bond donors (Lipinski definition) is 1. The Balaban J connectivity index is 2.04. The van der Waals surface area contributed by atoms with Gasteiger partial charge in [0.25, 0.3) is 0 Å². The highest BCUT2D eigenvalue weighted by Crippen LogP contribution is 2.24. The molecule has 0 bridgehead atoms. The van der Waals surface area contributed by atoms with E-state index in [2.05, 4.69) is 22.4 Å². The minimum absolute atomic E-state index is 0.151. The highest BCUT2D eigenvalue weighted by Gasteiger charge is 2.33. The molecule has 0 saturated carbocycles. The monoisotopic (exact) mass is 227 g/mol. The fourth-order valence-electron chi connectivity index (χ4n) is 1.87. The largest absolute Gasteiger partial charge is 0.379 e. The first-order valence-corrected chi connectivity index (χ1v) is 5.47. The number of hydrogen-bond acceptors (Lipinski definition) is 6. The lowest BCUT2D eigenvalue weighted by Gasteiger charge is -2.13. The quantitative estimate of drug-likeness (QED) is 0.780. The average molecular weight is 227 g/mol. The molecule has 0 amide bonds. The van der Waals surface area contributed by atoms with Crippen LogP contribution in [0.3, 0.4) is 0 Å². The van der Waals surface area contributed by atoms with E-state index in [1.165, 1.54) is 0 Å². The van der Waals surface area contributed by atoms with Gasteiger partial charge in [-0.1, -0.05) is 12.1 Å². The Bertz CT molecular complexity index is 329. The van der Waals surface area contributed by atoms with Gasteiger partial charge in [-0.15, -0.1) is 0 Å². The zero-order chi connectivity index (χ0) is 11.4. The summed E-state index contributed by atoms with van der Waals surface area (Å²) in [4.78, 5) is 4.29. The molecule has 2 unspecified atom stereocenters. The van der Waals surface area contributed by atoms with Crippen molar-refractivity contribution in [2.75, 3.05) is 26.9 Å². The Kier molecular flexibility index (Phi) is 3.87. The zero-order valence-corrected chi connectivity index (χ0v) is 9.60. The summed E-state index contributed by atoms with van der Waals surface area (Å²) in [7, 11) is 1.61. The van der Waals surface area contributed by atoms with Crippen LogP contribution in [0.2, 0.25) is 0 Å². The highest BCUT2D eigenvalue weighted by molar-refractivity contribution is 5.02. The van der Waals surface area contributed by atoms with Crippen LogP contribution in [0.1, 0.15) is 24.6 Å². The molecule has 1 fully saturated rings. The lowest BCUT2D eigenvalue weighted by molar-refractivity contribution is 0.174. The number of ether oxygens (including phenoxy) is 2. The molecule has 6 nitrogen and oxygen atoms in total. The highest BCUT2D eigenvalue weighted by atomic mass is 16.5. The summed E-state index contributed by atoms with van der Waals surface area (Å²) >= 11 is 0. The predicted octanol–water partition coefficient (Wildman–Crippen LogP) is 0.308. The Morgan fingerprint density at radius 1 is 1.50 bits per heavy atom. The normalized spacial score (nSPS) is 25.1. The smallest absolute Gasteiger partial charge is 0.233 e. The molecule has 2 heterocycles. The maximum absolute atomic E-state index is 5.42. The third kappa shape index (κ3) is 2.40. The summed E-state index contributed by atoms with van der Waals surface area (Å²) in [5.74, 6) is 1.37. The van der Waals surface area contributed by atoms with E-state index in [1.54, 1.807) is 7.11 Å². The number of methoxy groups -OCH3 is 1. The van der Waals surface area contributed by atoms with Gasteiger partial charge < -0.3 is 19.3 Å². The minimum atomic E-state index is 0.151. The van der Waals surface area contributed by atoms with Gasteiger partial charge in [-0.2, -0.15) is 4.98 Å². The van der Waals surface area contributed by atoms with E-state index in [4.69, 9.17) is 14.0 Å². The van der Waals surface area contributed by atoms with Crippen LogP contribution in [0.4, 0.5) is 0 Å². The molecule has 1 aromatic rings. The fourth-order valence-corrected chi connectivity index (χ4v) is 1.87. The molecular weight excluding hydrogens is 210 g/mol. The van der Waals surface area contributed by atoms with Gasteiger partial charge in [-0.05, 0) is 6.54 Å². The third-order valence-electron chi connectivity index (χ3n) is 2.62. The van der Waals surface area contributed by atoms with Gasteiger partial charge in [0, 0.05) is 13.2 Å². The van der Waals surface area contributed by atoms with E-state index in [0.717, 1.165) is 6.54 Å². The number of nitrogens with one attached hydrogen (secondary N) is 1. The molecule has 16 heavy (non-hydrogen) atoms. The number of aromatic nitrogens is 2. The third-order valence-corrected chi connectivity index (χ3v) is 2.62. The number of rotatable bonds is 5. The van der Waals surface area contributed by atoms with Gasteiger partial charge in [-0.3, -0.25) is 0 Å². The van der Waals surface area contributed by atoms with Crippen molar-refractivity contribution >= 4 is 0 Å². The summed E-state index contributed by atoms with van der Waals surface area (Å²) in [5, 5.41) is 7.20. The van der Waals surface area contributed by atoms with Crippen LogP contribution in [-0.2, 0) is 16.1 Å². The second kappa shape index (κ2) is 5.38. The van der Waals surface area contributed by atoms with Crippen molar-refractivity contribution in [3.8, 4) is 0 Å². The molecule has 0 aromatic carbocycles. The van der Waals surface area contributed by atoms with E-state index < -0.39 is 0 Å². The first kappa shape index (κ1) is 11.5. The van der Waals surface area contributed by atoms with Crippen molar-refractivity contribution in [3.63, 3.8) is 0 Å². The first-order chi connectivity index (χ1) is 7.85. The van der Waals surface area contributed by atoms with Crippen molar-refractivity contribution in [1.82, 2.24) is 15.5 Å². The maximum atomic E-state index is 5.42. The van der Waals surface area contributed by atoms with Crippen LogP contribution in [-0.4, -0.2) is 43.1 Å². The molecule has 2 rings (SSSR count). The first-order valence-electron chi connectivity index (χ1n) is 5.47. The van der Waals surface area contributed by atoms with E-state index in [0.29, 0.717) is 31.5 Å². The average Bonchev–Trinajstić information content (AvgIpc) is 2.87. The summed E-state index contributed by atoms with van der Waals surface area (Å²) in [6.45, 7) is 4.68. The topological polar surface area (TPSA) is 69.4 Å². The zero-order valence-electron chi connectivity index (χ0n) is 9.60. The molecule has 90 valence electrons. The van der Waals surface area contributed by atoms with Crippen molar-refractivity contribution in [2.24, 2.45) is 0 Å². The van der Waals surface area contributed by atoms with Crippen molar-refractivity contribution in [1.29, 1.82) is 0 Å². The molecule has 1 aliphatic heterocycles. The molecule has 2 atom stereocenters. The predicted molar refractivity (Wildman–Crippen MR) is 56.0 cm³/mol. The molecule has 6 heteroatoms. The number of nitrogens with zero attached hydrogens (tertiary/aromatic N) is 2. The lowest BCUT2D eigenvalue weighted by atomic mass is 10.0. The standard InChI is InChI=1S/C10H17N3O3/c1-3-11-8-5-15-4-7(8)10-12-9(6-14-2)13-16-10/h7-8,11H,3-6H2,1-2H3. The van der Waals surface area contributed by atoms with Crippen LogP contribution in [0.5, 0.6) is 0 Å². The van der Waals surface area contributed by atoms with Crippen LogP contribution < -0.4 is 5.32 Å². The molecule has 0 radical (unpaired) electrons. The van der Waals surface area contributed by atoms with Crippen molar-refractivity contribution in [3.05, 3.63) is 11.7 Å². The number of likely N-dealkylation sites (N-methyl/N-ethyl adjacent to an activating group) is 1. The maximum Gasteiger partial charge on any atom is 0.233 e. The van der Waals surface area contributed by atoms with Crippen molar-refractivity contribution in [2.45, 2.75) is 25.5 Å². The van der Waals surface area contributed by atoms with E-state index >= 15 is 0 Å². The summed E-state index contributed by atoms with van der Waals surface area (Å²) in [5.41, 5.74) is 0. The SMILES string of the molecule is CCNC1COCC1c1nc(COC)no1. The van der Waals surface area contributed by atoms with Gasteiger partial charge in [0.2, 0.25) is 5.89 Å². The van der Waals surface area contributed by atoms with Crippen molar-refractivity contribution < 1.29 is 14.0 Å². The molecule has 1 N–H and O–H groups in total. The van der Waals surface area contributed by atoms with Crippen LogP contribution in [0, 0.1) is 0 Å². The summed E-state index contributed by atoms with van der Waals surface area (Å²) in [6.07, 6.45) is 0. The van der Waals surface area contributed by atoms with Crippen LogP contribution in [0.25, 0.3) is 0 Å². The second-order valence-electron chi connectivity index (χ2n) is 3.79.